The molecule has 2 N–H and O–H groups in total. The van der Waals surface area contributed by atoms with Crippen LogP contribution in [-0.2, 0) is 0 Å². The molecular weight excluding hydrogens is 686 g/mol. The van der Waals surface area contributed by atoms with E-state index in [9.17, 15) is 36.6 Å². The molecule has 0 amide bonds. The SMILES string of the molecule is COc1cc(/C=C/C(=N\c2ccc(F)c(F)c2)C(=Cc2ccc(F)c(F)c2)C(/C=C/c2ccc(O)c(OC)c2)=N/c2ccc(F)c(F)c2)ccc1O. The number of nitrogens with zero attached hydrogens (tertiary/aromatic N) is 2. The van der Waals surface area contributed by atoms with Gasteiger partial charge in [0.1, 0.15) is 0 Å². The number of methoxy groups -OCH3 is 2. The molecule has 0 aliphatic carbocycles. The lowest BCUT2D eigenvalue weighted by atomic mass is 9.98. The monoisotopic (exact) mass is 714 g/mol. The molecule has 0 unspecified atom stereocenters. The molecule has 0 atom stereocenters. The molecule has 0 spiro atoms. The first-order chi connectivity index (χ1) is 24.9. The van der Waals surface area contributed by atoms with Gasteiger partial charge in [0.2, 0.25) is 0 Å². The summed E-state index contributed by atoms with van der Waals surface area (Å²) >= 11 is 0. The minimum absolute atomic E-state index is 0.00273. The number of phenols is 2. The van der Waals surface area contributed by atoms with Gasteiger partial charge in [-0.15, -0.1) is 0 Å². The number of allylic oxidation sites excluding steroid dienone is 3. The van der Waals surface area contributed by atoms with E-state index < -0.39 is 34.9 Å². The summed E-state index contributed by atoms with van der Waals surface area (Å²) in [4.78, 5) is 9.13. The Kier molecular flexibility index (Phi) is 11.6. The lowest BCUT2D eigenvalue weighted by Gasteiger charge is -2.12. The Morgan fingerprint density at radius 2 is 0.904 bits per heavy atom. The lowest BCUT2D eigenvalue weighted by molar-refractivity contribution is 0.373. The van der Waals surface area contributed by atoms with E-state index in [1.54, 1.807) is 24.3 Å². The minimum Gasteiger partial charge on any atom is -0.504 e. The summed E-state index contributed by atoms with van der Waals surface area (Å²) in [6.45, 7) is 0. The molecule has 52 heavy (non-hydrogen) atoms. The van der Waals surface area contributed by atoms with Crippen molar-refractivity contribution >= 4 is 41.0 Å². The Bertz CT molecular complexity index is 2150. The summed E-state index contributed by atoms with van der Waals surface area (Å²) in [5.41, 5.74) is 1.04. The molecule has 0 bridgehead atoms. The fourth-order valence-electron chi connectivity index (χ4n) is 4.76. The average molecular weight is 715 g/mol. The highest BCUT2D eigenvalue weighted by Gasteiger charge is 2.16. The zero-order valence-electron chi connectivity index (χ0n) is 27.4. The number of hydrogen-bond acceptors (Lipinski definition) is 6. The first-order valence-electron chi connectivity index (χ1n) is 15.3. The molecule has 0 radical (unpaired) electrons. The maximum absolute atomic E-state index is 14.5. The number of aliphatic imine (C=N–C) groups is 2. The summed E-state index contributed by atoms with van der Waals surface area (Å²) < 4.78 is 95.7. The van der Waals surface area contributed by atoms with Crippen LogP contribution in [0.1, 0.15) is 16.7 Å². The van der Waals surface area contributed by atoms with E-state index in [1.807, 2.05) is 0 Å². The molecule has 5 rings (SSSR count). The summed E-state index contributed by atoms with van der Waals surface area (Å²) in [6.07, 6.45) is 7.38. The van der Waals surface area contributed by atoms with Gasteiger partial charge in [0.15, 0.2) is 57.9 Å². The van der Waals surface area contributed by atoms with E-state index in [0.717, 1.165) is 36.4 Å². The summed E-state index contributed by atoms with van der Waals surface area (Å²) in [5.74, 6) is -6.92. The third kappa shape index (κ3) is 9.16. The average Bonchev–Trinajstić information content (AvgIpc) is 3.13. The van der Waals surface area contributed by atoms with Crippen molar-refractivity contribution in [1.29, 1.82) is 0 Å². The molecule has 264 valence electrons. The van der Waals surface area contributed by atoms with Gasteiger partial charge in [-0.25, -0.2) is 36.3 Å². The van der Waals surface area contributed by atoms with Crippen molar-refractivity contribution in [3.8, 4) is 23.0 Å². The van der Waals surface area contributed by atoms with Gasteiger partial charge in [-0.3, -0.25) is 0 Å². The molecule has 5 aromatic rings. The van der Waals surface area contributed by atoms with Gasteiger partial charge in [-0.1, -0.05) is 30.4 Å². The topological polar surface area (TPSA) is 83.6 Å². The van der Waals surface area contributed by atoms with Gasteiger partial charge in [-0.05, 0) is 95.6 Å². The van der Waals surface area contributed by atoms with Crippen LogP contribution in [0.2, 0.25) is 0 Å². The van der Waals surface area contributed by atoms with Crippen molar-refractivity contribution in [2.24, 2.45) is 9.98 Å². The van der Waals surface area contributed by atoms with Gasteiger partial charge in [0.25, 0.3) is 0 Å². The molecular formula is C40H28F6N2O4. The van der Waals surface area contributed by atoms with Gasteiger partial charge in [0.05, 0.1) is 37.0 Å². The predicted octanol–water partition coefficient (Wildman–Crippen LogP) is 10.3. The quantitative estimate of drug-likeness (QED) is 0.105. The van der Waals surface area contributed by atoms with Crippen molar-refractivity contribution in [2.45, 2.75) is 0 Å². The Balaban J connectivity index is 1.81. The first kappa shape index (κ1) is 36.7. The molecule has 12 heteroatoms. The van der Waals surface area contributed by atoms with Gasteiger partial charge >= 0.3 is 0 Å². The molecule has 0 aliphatic rings. The van der Waals surface area contributed by atoms with Gasteiger partial charge in [0, 0.05) is 17.7 Å². The molecule has 0 aliphatic heterocycles. The maximum Gasteiger partial charge on any atom is 0.161 e. The molecule has 0 fully saturated rings. The number of halogens is 6. The van der Waals surface area contributed by atoms with Crippen molar-refractivity contribution in [2.75, 3.05) is 14.2 Å². The van der Waals surface area contributed by atoms with Crippen LogP contribution in [0.25, 0.3) is 18.2 Å². The lowest BCUT2D eigenvalue weighted by Crippen LogP contribution is -2.10. The highest BCUT2D eigenvalue weighted by molar-refractivity contribution is 6.35. The Morgan fingerprint density at radius 1 is 0.500 bits per heavy atom. The third-order valence-electron chi connectivity index (χ3n) is 7.39. The molecule has 6 nitrogen and oxygen atoms in total. The van der Waals surface area contributed by atoms with E-state index in [0.29, 0.717) is 11.1 Å². The Hall–Kier alpha value is -6.56. The van der Waals surface area contributed by atoms with Crippen LogP contribution in [0.15, 0.2) is 119 Å². The van der Waals surface area contributed by atoms with Crippen LogP contribution in [-0.4, -0.2) is 35.9 Å². The second-order valence-electron chi connectivity index (χ2n) is 11.0. The number of benzene rings is 5. The van der Waals surface area contributed by atoms with Crippen LogP contribution in [0, 0.1) is 34.9 Å². The second kappa shape index (κ2) is 16.4. The highest BCUT2D eigenvalue weighted by Crippen LogP contribution is 2.30. The number of phenolic OH excluding ortho intramolecular Hbond substituents is 2. The zero-order valence-corrected chi connectivity index (χ0v) is 27.4. The molecule has 5 aromatic carbocycles. The molecule has 0 saturated heterocycles. The Morgan fingerprint density at radius 3 is 1.31 bits per heavy atom. The summed E-state index contributed by atoms with van der Waals surface area (Å²) in [5, 5.41) is 20.2. The van der Waals surface area contributed by atoms with E-state index in [2.05, 4.69) is 9.98 Å². The predicted molar refractivity (Wildman–Crippen MR) is 189 cm³/mol. The second-order valence-corrected chi connectivity index (χ2v) is 11.0. The van der Waals surface area contributed by atoms with Crippen LogP contribution in [0.3, 0.4) is 0 Å². The van der Waals surface area contributed by atoms with Crippen molar-refractivity contribution in [3.05, 3.63) is 160 Å². The van der Waals surface area contributed by atoms with E-state index in [-0.39, 0.29) is 56.9 Å². The smallest absolute Gasteiger partial charge is 0.161 e. The fourth-order valence-corrected chi connectivity index (χ4v) is 4.76. The van der Waals surface area contributed by atoms with Gasteiger partial charge in [-0.2, -0.15) is 0 Å². The van der Waals surface area contributed by atoms with Crippen molar-refractivity contribution < 1.29 is 46.0 Å². The van der Waals surface area contributed by atoms with Gasteiger partial charge < -0.3 is 19.7 Å². The number of rotatable bonds is 11. The number of aromatic hydroxyl groups is 2. The molecule has 0 saturated carbocycles. The highest BCUT2D eigenvalue weighted by atomic mass is 19.2. The zero-order chi connectivity index (χ0) is 37.4. The Labute approximate surface area is 294 Å². The number of ether oxygens (including phenoxy) is 2. The standard InChI is InChI=1S/C40H28F6N2O4/c1-51-39-19-23(6-15-37(39)49)4-13-35(47-26-8-11-30(42)33(45)21-26)28(17-25-3-10-29(41)32(44)18-25)36(48-27-9-12-31(43)34(46)22-27)14-5-24-7-16-38(50)40(20-24)52-2/h3-22,49-50H,1-2H3/b13-4+,14-5+,47-35+,48-36+. The van der Waals surface area contributed by atoms with E-state index >= 15 is 0 Å². The van der Waals surface area contributed by atoms with E-state index in [4.69, 9.17) is 9.47 Å². The van der Waals surface area contributed by atoms with Crippen LogP contribution >= 0.6 is 0 Å². The molecule has 0 heterocycles. The summed E-state index contributed by atoms with van der Waals surface area (Å²) in [7, 11) is 2.72. The normalized spacial score (nSPS) is 12.1. The number of hydrogen-bond donors (Lipinski definition) is 2. The largest absolute Gasteiger partial charge is 0.504 e. The minimum atomic E-state index is -1.20. The van der Waals surface area contributed by atoms with E-state index in [1.165, 1.54) is 74.9 Å². The van der Waals surface area contributed by atoms with Crippen LogP contribution in [0.5, 0.6) is 23.0 Å². The van der Waals surface area contributed by atoms with Crippen molar-refractivity contribution in [1.82, 2.24) is 0 Å². The van der Waals surface area contributed by atoms with Crippen LogP contribution in [0.4, 0.5) is 37.7 Å². The molecule has 0 aromatic heterocycles. The van der Waals surface area contributed by atoms with Crippen molar-refractivity contribution in [3.63, 3.8) is 0 Å². The maximum atomic E-state index is 14.5. The third-order valence-corrected chi connectivity index (χ3v) is 7.39. The first-order valence-corrected chi connectivity index (χ1v) is 15.3. The summed E-state index contributed by atoms with van der Waals surface area (Å²) in [6, 6.07) is 17.8. The van der Waals surface area contributed by atoms with Crippen LogP contribution < -0.4 is 9.47 Å². The fraction of sp³-hybridized carbons (Fsp3) is 0.0500.